The lowest BCUT2D eigenvalue weighted by molar-refractivity contribution is -0.385. The molecule has 0 N–H and O–H groups in total. The molecule has 9 nitrogen and oxygen atoms in total. The summed E-state index contributed by atoms with van der Waals surface area (Å²) in [5, 5.41) is 11.2. The van der Waals surface area contributed by atoms with Crippen molar-refractivity contribution in [1.82, 2.24) is 0 Å². The van der Waals surface area contributed by atoms with Crippen molar-refractivity contribution >= 4 is 23.6 Å². The molecule has 0 radical (unpaired) electrons. The van der Waals surface area contributed by atoms with Crippen LogP contribution in [0.5, 0.6) is 17.2 Å². The number of rotatable bonds is 6. The average molecular weight is 398 g/mol. The van der Waals surface area contributed by atoms with Gasteiger partial charge in [-0.2, -0.15) is 0 Å². The predicted molar refractivity (Wildman–Crippen MR) is 105 cm³/mol. The van der Waals surface area contributed by atoms with E-state index in [9.17, 15) is 14.9 Å². The molecule has 0 saturated carbocycles. The van der Waals surface area contributed by atoms with Crippen LogP contribution in [0.15, 0.2) is 41.0 Å². The minimum atomic E-state index is -0.680. The summed E-state index contributed by atoms with van der Waals surface area (Å²) < 4.78 is 21.2. The number of cyclic esters (lactones) is 1. The largest absolute Gasteiger partial charge is 0.493 e. The zero-order valence-electron chi connectivity index (χ0n) is 16.2. The van der Waals surface area contributed by atoms with E-state index in [1.807, 2.05) is 0 Å². The first-order chi connectivity index (χ1) is 13.9. The minimum absolute atomic E-state index is 0.0104. The van der Waals surface area contributed by atoms with Crippen LogP contribution in [-0.4, -0.2) is 38.1 Å². The average Bonchev–Trinajstić information content (AvgIpc) is 3.07. The molecule has 0 saturated heterocycles. The number of hydrogen-bond donors (Lipinski definition) is 0. The number of hydrogen-bond acceptors (Lipinski definition) is 8. The van der Waals surface area contributed by atoms with Gasteiger partial charge in [-0.1, -0.05) is 6.07 Å². The Balaban J connectivity index is 2.04. The highest BCUT2D eigenvalue weighted by Crippen LogP contribution is 2.41. The first-order valence-electron chi connectivity index (χ1n) is 8.46. The van der Waals surface area contributed by atoms with E-state index in [4.69, 9.17) is 18.9 Å². The molecule has 150 valence electrons. The number of nitro groups is 1. The Bertz CT molecular complexity index is 1060. The molecule has 0 fully saturated rings. The van der Waals surface area contributed by atoms with Crippen molar-refractivity contribution in [2.45, 2.75) is 6.92 Å². The molecule has 29 heavy (non-hydrogen) atoms. The second-order valence-electron chi connectivity index (χ2n) is 6.02. The SMILES string of the molecule is COc1ccc(/C=C2\N=C(c3ccc(C)c([N+](=O)[O-])c3)OC2=O)c(OC)c1OC. The van der Waals surface area contributed by atoms with Gasteiger partial charge in [0.15, 0.2) is 17.2 Å². The van der Waals surface area contributed by atoms with E-state index >= 15 is 0 Å². The summed E-state index contributed by atoms with van der Waals surface area (Å²) in [4.78, 5) is 27.1. The summed E-state index contributed by atoms with van der Waals surface area (Å²) in [6.45, 7) is 1.62. The number of carbonyl (C=O) groups excluding carboxylic acids is 1. The van der Waals surface area contributed by atoms with Crippen molar-refractivity contribution in [2.75, 3.05) is 21.3 Å². The highest BCUT2D eigenvalue weighted by molar-refractivity contribution is 6.13. The van der Waals surface area contributed by atoms with Crippen molar-refractivity contribution < 1.29 is 28.7 Å². The van der Waals surface area contributed by atoms with E-state index in [1.165, 1.54) is 33.5 Å². The van der Waals surface area contributed by atoms with Crippen LogP contribution in [0.25, 0.3) is 6.08 Å². The van der Waals surface area contributed by atoms with Crippen LogP contribution < -0.4 is 14.2 Å². The second-order valence-corrected chi connectivity index (χ2v) is 6.02. The fraction of sp³-hybridized carbons (Fsp3) is 0.200. The maximum Gasteiger partial charge on any atom is 0.363 e. The third-order valence-corrected chi connectivity index (χ3v) is 4.30. The van der Waals surface area contributed by atoms with E-state index in [0.717, 1.165) is 0 Å². The summed E-state index contributed by atoms with van der Waals surface area (Å²) in [6, 6.07) is 7.85. The lowest BCUT2D eigenvalue weighted by Crippen LogP contribution is -2.06. The van der Waals surface area contributed by atoms with Gasteiger partial charge in [0.1, 0.15) is 0 Å². The molecule has 1 heterocycles. The number of ether oxygens (including phenoxy) is 4. The third-order valence-electron chi connectivity index (χ3n) is 4.30. The number of nitrogens with zero attached hydrogens (tertiary/aromatic N) is 2. The van der Waals surface area contributed by atoms with Gasteiger partial charge in [0.05, 0.1) is 26.3 Å². The number of methoxy groups -OCH3 is 3. The van der Waals surface area contributed by atoms with E-state index in [2.05, 4.69) is 4.99 Å². The molecule has 1 aliphatic rings. The molecule has 0 spiro atoms. The van der Waals surface area contributed by atoms with Gasteiger partial charge in [-0.05, 0) is 31.2 Å². The molecule has 0 aliphatic carbocycles. The van der Waals surface area contributed by atoms with Gasteiger partial charge in [-0.3, -0.25) is 10.1 Å². The van der Waals surface area contributed by atoms with Crippen molar-refractivity contribution in [3.05, 3.63) is 62.8 Å². The van der Waals surface area contributed by atoms with Crippen molar-refractivity contribution in [2.24, 2.45) is 4.99 Å². The van der Waals surface area contributed by atoms with Crippen molar-refractivity contribution in [3.8, 4) is 17.2 Å². The molecule has 3 rings (SSSR count). The molecular weight excluding hydrogens is 380 g/mol. The number of aliphatic imine (C=N–C) groups is 1. The van der Waals surface area contributed by atoms with Crippen molar-refractivity contribution in [1.29, 1.82) is 0 Å². The summed E-state index contributed by atoms with van der Waals surface area (Å²) in [6.07, 6.45) is 1.48. The second kappa shape index (κ2) is 8.01. The standard InChI is InChI=1S/C20H18N2O7/c1-11-5-6-13(10-15(11)22(24)25)19-21-14(20(23)29-19)9-12-7-8-16(26-2)18(28-4)17(12)27-3/h5-10H,1-4H3/b14-9-. The number of benzene rings is 2. The molecule has 0 atom stereocenters. The van der Waals surface area contributed by atoms with Gasteiger partial charge in [-0.25, -0.2) is 9.79 Å². The number of nitro benzene ring substituents is 1. The molecule has 1 aliphatic heterocycles. The van der Waals surface area contributed by atoms with Crippen LogP contribution in [-0.2, 0) is 9.53 Å². The number of esters is 1. The van der Waals surface area contributed by atoms with Gasteiger partial charge in [0.25, 0.3) is 5.69 Å². The molecule has 2 aromatic rings. The maximum absolute atomic E-state index is 12.3. The zero-order valence-corrected chi connectivity index (χ0v) is 16.2. The molecule has 9 heteroatoms. The van der Waals surface area contributed by atoms with Gasteiger partial charge < -0.3 is 18.9 Å². The maximum atomic E-state index is 12.3. The topological polar surface area (TPSA) is 109 Å². The fourth-order valence-electron chi connectivity index (χ4n) is 2.86. The first kappa shape index (κ1) is 19.9. The summed E-state index contributed by atoms with van der Waals surface area (Å²) in [5.41, 5.74) is 1.29. The van der Waals surface area contributed by atoms with Crippen LogP contribution in [0.2, 0.25) is 0 Å². The Morgan fingerprint density at radius 1 is 1.07 bits per heavy atom. The normalized spacial score (nSPS) is 14.4. The van der Waals surface area contributed by atoms with Crippen LogP contribution >= 0.6 is 0 Å². The van der Waals surface area contributed by atoms with Crippen LogP contribution in [0.1, 0.15) is 16.7 Å². The van der Waals surface area contributed by atoms with Gasteiger partial charge in [-0.15, -0.1) is 0 Å². The van der Waals surface area contributed by atoms with Crippen molar-refractivity contribution in [3.63, 3.8) is 0 Å². The third kappa shape index (κ3) is 3.75. The van der Waals surface area contributed by atoms with Crippen LogP contribution in [0, 0.1) is 17.0 Å². The Labute approximate surface area is 166 Å². The number of aryl methyl sites for hydroxylation is 1. The van der Waals surface area contributed by atoms with Crippen LogP contribution in [0.3, 0.4) is 0 Å². The lowest BCUT2D eigenvalue weighted by atomic mass is 10.1. The predicted octanol–water partition coefficient (Wildman–Crippen LogP) is 3.27. The monoisotopic (exact) mass is 398 g/mol. The summed E-state index contributed by atoms with van der Waals surface area (Å²) in [5.74, 6) is 0.511. The van der Waals surface area contributed by atoms with Gasteiger partial charge in [0, 0.05) is 22.8 Å². The highest BCUT2D eigenvalue weighted by atomic mass is 16.6. The van der Waals surface area contributed by atoms with Crippen LogP contribution in [0.4, 0.5) is 5.69 Å². The molecule has 0 bridgehead atoms. The highest BCUT2D eigenvalue weighted by Gasteiger charge is 2.27. The molecule has 2 aromatic carbocycles. The first-order valence-corrected chi connectivity index (χ1v) is 8.46. The molecule has 0 unspecified atom stereocenters. The van der Waals surface area contributed by atoms with E-state index in [1.54, 1.807) is 31.2 Å². The Morgan fingerprint density at radius 3 is 2.41 bits per heavy atom. The quantitative estimate of drug-likeness (QED) is 0.318. The van der Waals surface area contributed by atoms with Gasteiger partial charge >= 0.3 is 5.97 Å². The zero-order chi connectivity index (χ0) is 21.1. The summed E-state index contributed by atoms with van der Waals surface area (Å²) in [7, 11) is 4.44. The Kier molecular flexibility index (Phi) is 5.49. The molecular formula is C20H18N2O7. The molecule has 0 aromatic heterocycles. The van der Waals surface area contributed by atoms with E-state index in [0.29, 0.717) is 33.9 Å². The minimum Gasteiger partial charge on any atom is -0.493 e. The van der Waals surface area contributed by atoms with E-state index < -0.39 is 10.9 Å². The Morgan fingerprint density at radius 2 is 1.79 bits per heavy atom. The fourth-order valence-corrected chi connectivity index (χ4v) is 2.86. The smallest absolute Gasteiger partial charge is 0.363 e. The van der Waals surface area contributed by atoms with Gasteiger partial charge in [0.2, 0.25) is 11.6 Å². The summed E-state index contributed by atoms with van der Waals surface area (Å²) >= 11 is 0. The molecule has 0 amide bonds. The number of carbonyl (C=O) groups is 1. The Hall–Kier alpha value is -3.88. The van der Waals surface area contributed by atoms with E-state index in [-0.39, 0.29) is 17.3 Å². The lowest BCUT2D eigenvalue weighted by Gasteiger charge is -2.14.